The summed E-state index contributed by atoms with van der Waals surface area (Å²) in [6.07, 6.45) is -0.174. The molecule has 146 valence electrons. The van der Waals surface area contributed by atoms with E-state index >= 15 is 0 Å². The molecule has 6 nitrogen and oxygen atoms in total. The molecule has 0 spiro atoms. The Hall–Kier alpha value is -2.86. The van der Waals surface area contributed by atoms with Gasteiger partial charge in [0.1, 0.15) is 0 Å². The number of fused-ring (bicyclic) bond motifs is 1. The fraction of sp³-hybridized carbons (Fsp3) is 0.364. The highest BCUT2D eigenvalue weighted by atomic mass is 16.4. The van der Waals surface area contributed by atoms with Gasteiger partial charge in [0.05, 0.1) is 12.0 Å². The van der Waals surface area contributed by atoms with Gasteiger partial charge in [0.2, 0.25) is 5.91 Å². The van der Waals surface area contributed by atoms with Crippen LogP contribution in [0, 0.1) is 5.92 Å². The largest absolute Gasteiger partial charge is 0.465 e. The number of carbonyl (C=O) groups excluding carboxylic acids is 1. The first kappa shape index (κ1) is 18.5. The highest BCUT2D eigenvalue weighted by Gasteiger charge is 2.40. The Morgan fingerprint density at radius 2 is 1.54 bits per heavy atom. The fourth-order valence-corrected chi connectivity index (χ4v) is 4.32. The van der Waals surface area contributed by atoms with Crippen molar-refractivity contribution in [3.8, 4) is 0 Å². The summed E-state index contributed by atoms with van der Waals surface area (Å²) in [5.74, 6) is -0.0809. The molecule has 0 radical (unpaired) electrons. The molecule has 2 heterocycles. The Morgan fingerprint density at radius 3 is 2.11 bits per heavy atom. The maximum Gasteiger partial charge on any atom is 0.407 e. The second-order valence-electron chi connectivity index (χ2n) is 7.57. The molecular weight excluding hydrogens is 354 g/mol. The summed E-state index contributed by atoms with van der Waals surface area (Å²) < 4.78 is 0. The molecule has 2 N–H and O–H groups in total. The van der Waals surface area contributed by atoms with Crippen molar-refractivity contribution in [3.05, 3.63) is 71.8 Å². The number of piperazine rings is 1. The standard InChI is InChI=1S/C22H25N3O3/c26-21(18-13-19-15-25(22(27)28)12-11-24(19)14-18)23-20(16-7-3-1-4-8-16)17-9-5-2-6-10-17/h1-10,18-20H,11-15H2,(H,23,26)(H,27,28). The van der Waals surface area contributed by atoms with Crippen molar-refractivity contribution in [2.45, 2.75) is 18.5 Å². The molecule has 2 aliphatic heterocycles. The normalized spacial score (nSPS) is 22.1. The zero-order valence-corrected chi connectivity index (χ0v) is 15.7. The Labute approximate surface area is 164 Å². The molecule has 2 aliphatic rings. The number of carboxylic acid groups (broad SMARTS) is 1. The van der Waals surface area contributed by atoms with E-state index in [2.05, 4.69) is 10.2 Å². The van der Waals surface area contributed by atoms with Gasteiger partial charge in [-0.3, -0.25) is 9.69 Å². The van der Waals surface area contributed by atoms with Crippen molar-refractivity contribution < 1.29 is 14.7 Å². The quantitative estimate of drug-likeness (QED) is 0.856. The van der Waals surface area contributed by atoms with Crippen molar-refractivity contribution in [2.24, 2.45) is 5.92 Å². The zero-order valence-electron chi connectivity index (χ0n) is 15.7. The molecule has 2 aromatic rings. The van der Waals surface area contributed by atoms with Crippen LogP contribution < -0.4 is 5.32 Å². The van der Waals surface area contributed by atoms with E-state index in [0.717, 1.165) is 11.1 Å². The number of carbonyl (C=O) groups is 2. The third-order valence-corrected chi connectivity index (χ3v) is 5.81. The van der Waals surface area contributed by atoms with Gasteiger partial charge >= 0.3 is 6.09 Å². The number of hydrogen-bond acceptors (Lipinski definition) is 3. The van der Waals surface area contributed by atoms with E-state index in [4.69, 9.17) is 0 Å². The van der Waals surface area contributed by atoms with E-state index in [1.54, 1.807) is 0 Å². The van der Waals surface area contributed by atoms with Crippen LogP contribution in [0.25, 0.3) is 0 Å². The SMILES string of the molecule is O=C(NC(c1ccccc1)c1ccccc1)C1CC2CN(C(=O)O)CCN2C1. The number of nitrogens with one attached hydrogen (secondary N) is 1. The maximum absolute atomic E-state index is 13.1. The maximum atomic E-state index is 13.1. The van der Waals surface area contributed by atoms with Crippen molar-refractivity contribution in [1.82, 2.24) is 15.1 Å². The van der Waals surface area contributed by atoms with Gasteiger partial charge in [0.15, 0.2) is 0 Å². The second-order valence-corrected chi connectivity index (χ2v) is 7.57. The lowest BCUT2D eigenvalue weighted by molar-refractivity contribution is -0.125. The first-order valence-electron chi connectivity index (χ1n) is 9.74. The highest BCUT2D eigenvalue weighted by molar-refractivity contribution is 5.80. The Bertz CT molecular complexity index is 788. The van der Waals surface area contributed by atoms with Crippen molar-refractivity contribution >= 4 is 12.0 Å². The van der Waals surface area contributed by atoms with Crippen LogP contribution in [0.15, 0.2) is 60.7 Å². The molecule has 2 amide bonds. The minimum atomic E-state index is -0.874. The Morgan fingerprint density at radius 1 is 0.929 bits per heavy atom. The summed E-state index contributed by atoms with van der Waals surface area (Å²) in [7, 11) is 0. The first-order chi connectivity index (χ1) is 13.6. The summed E-state index contributed by atoms with van der Waals surface area (Å²) in [5, 5.41) is 12.5. The van der Waals surface area contributed by atoms with Crippen LogP contribution >= 0.6 is 0 Å². The van der Waals surface area contributed by atoms with E-state index in [-0.39, 0.29) is 23.9 Å². The van der Waals surface area contributed by atoms with Crippen LogP contribution in [0.3, 0.4) is 0 Å². The zero-order chi connectivity index (χ0) is 19.5. The predicted molar refractivity (Wildman–Crippen MR) is 106 cm³/mol. The number of amides is 2. The summed E-state index contributed by atoms with van der Waals surface area (Å²) in [4.78, 5) is 28.0. The lowest BCUT2D eigenvalue weighted by Gasteiger charge is -2.35. The third-order valence-electron chi connectivity index (χ3n) is 5.81. The van der Waals surface area contributed by atoms with Gasteiger partial charge in [-0.15, -0.1) is 0 Å². The third kappa shape index (κ3) is 3.87. The molecule has 4 rings (SSSR count). The Balaban J connectivity index is 1.48. The number of benzene rings is 2. The van der Waals surface area contributed by atoms with Crippen molar-refractivity contribution in [2.75, 3.05) is 26.2 Å². The van der Waals surface area contributed by atoms with Crippen LogP contribution in [0.2, 0.25) is 0 Å². The fourth-order valence-electron chi connectivity index (χ4n) is 4.32. The highest BCUT2D eigenvalue weighted by Crippen LogP contribution is 2.29. The molecule has 28 heavy (non-hydrogen) atoms. The molecule has 0 bridgehead atoms. The number of nitrogens with zero attached hydrogens (tertiary/aromatic N) is 2. The average molecular weight is 379 g/mol. The number of hydrogen-bond donors (Lipinski definition) is 2. The summed E-state index contributed by atoms with van der Waals surface area (Å²) in [6, 6.07) is 19.9. The van der Waals surface area contributed by atoms with Crippen LogP contribution in [0.5, 0.6) is 0 Å². The molecule has 2 aromatic carbocycles. The van der Waals surface area contributed by atoms with Gasteiger partial charge in [-0.2, -0.15) is 0 Å². The van der Waals surface area contributed by atoms with Gasteiger partial charge < -0.3 is 15.3 Å². The van der Waals surface area contributed by atoms with Gasteiger partial charge in [-0.1, -0.05) is 60.7 Å². The Kier molecular flexibility index (Phi) is 5.30. The smallest absolute Gasteiger partial charge is 0.407 e. The van der Waals surface area contributed by atoms with E-state index in [0.29, 0.717) is 32.6 Å². The van der Waals surface area contributed by atoms with E-state index in [1.807, 2.05) is 60.7 Å². The molecule has 2 atom stereocenters. The topological polar surface area (TPSA) is 72.9 Å². The molecule has 2 unspecified atom stereocenters. The van der Waals surface area contributed by atoms with E-state index in [9.17, 15) is 14.7 Å². The summed E-state index contributed by atoms with van der Waals surface area (Å²) in [5.41, 5.74) is 2.10. The monoisotopic (exact) mass is 379 g/mol. The van der Waals surface area contributed by atoms with Crippen LogP contribution in [0.1, 0.15) is 23.6 Å². The van der Waals surface area contributed by atoms with Gasteiger partial charge in [0, 0.05) is 32.2 Å². The van der Waals surface area contributed by atoms with Gasteiger partial charge in [0.25, 0.3) is 0 Å². The van der Waals surface area contributed by atoms with Crippen LogP contribution in [-0.2, 0) is 4.79 Å². The molecule has 6 heteroatoms. The molecule has 2 saturated heterocycles. The minimum absolute atomic E-state index is 0.0361. The van der Waals surface area contributed by atoms with Crippen molar-refractivity contribution in [1.29, 1.82) is 0 Å². The molecule has 0 aromatic heterocycles. The van der Waals surface area contributed by atoms with Crippen LogP contribution in [0.4, 0.5) is 4.79 Å². The number of rotatable bonds is 4. The summed E-state index contributed by atoms with van der Waals surface area (Å²) >= 11 is 0. The average Bonchev–Trinajstić information content (AvgIpc) is 3.16. The predicted octanol–water partition coefficient (Wildman–Crippen LogP) is 2.58. The van der Waals surface area contributed by atoms with Gasteiger partial charge in [-0.05, 0) is 17.5 Å². The summed E-state index contributed by atoms with van der Waals surface area (Å²) in [6.45, 7) is 2.39. The lowest BCUT2D eigenvalue weighted by atomic mass is 9.97. The first-order valence-corrected chi connectivity index (χ1v) is 9.74. The molecule has 2 fully saturated rings. The second kappa shape index (κ2) is 8.02. The van der Waals surface area contributed by atoms with E-state index < -0.39 is 6.09 Å². The van der Waals surface area contributed by atoms with Crippen LogP contribution in [-0.4, -0.2) is 59.1 Å². The van der Waals surface area contributed by atoms with Crippen molar-refractivity contribution in [3.63, 3.8) is 0 Å². The molecule has 0 aliphatic carbocycles. The lowest BCUT2D eigenvalue weighted by Crippen LogP contribution is -2.51. The van der Waals surface area contributed by atoms with E-state index in [1.165, 1.54) is 4.90 Å². The minimum Gasteiger partial charge on any atom is -0.465 e. The van der Waals surface area contributed by atoms with Gasteiger partial charge in [-0.25, -0.2) is 4.79 Å². The molecular formula is C22H25N3O3. The molecule has 0 saturated carbocycles.